The monoisotopic (exact) mass is 400 g/mol. The Labute approximate surface area is 170 Å². The van der Waals surface area contributed by atoms with Crippen LogP contribution in [0.4, 0.5) is 5.69 Å². The molecule has 0 aliphatic carbocycles. The number of benzene rings is 1. The number of piperidine rings is 1. The molecular formula is C22H28N2O3S. The molecule has 2 heterocycles. The van der Waals surface area contributed by atoms with Crippen molar-refractivity contribution in [2.75, 3.05) is 38.7 Å². The van der Waals surface area contributed by atoms with Crippen LogP contribution in [0.2, 0.25) is 0 Å². The highest BCUT2D eigenvalue weighted by atomic mass is 32.1. The second kappa shape index (κ2) is 9.34. The number of thiophene rings is 1. The third kappa shape index (κ3) is 4.62. The predicted molar refractivity (Wildman–Crippen MR) is 114 cm³/mol. The van der Waals surface area contributed by atoms with Gasteiger partial charge in [-0.3, -0.25) is 4.79 Å². The average Bonchev–Trinajstić information content (AvgIpc) is 3.18. The number of methoxy groups -OCH3 is 1. The first-order valence-corrected chi connectivity index (χ1v) is 10.6. The summed E-state index contributed by atoms with van der Waals surface area (Å²) in [6, 6.07) is 11.9. The number of hydrogen-bond acceptors (Lipinski definition) is 5. The van der Waals surface area contributed by atoms with E-state index in [0.717, 1.165) is 36.4 Å². The van der Waals surface area contributed by atoms with Gasteiger partial charge in [-0.15, -0.1) is 11.3 Å². The molecule has 0 bridgehead atoms. The van der Waals surface area contributed by atoms with Gasteiger partial charge in [0.05, 0.1) is 12.8 Å². The number of rotatable bonds is 6. The Balaban J connectivity index is 1.96. The molecule has 0 saturated carbocycles. The average molecular weight is 401 g/mol. The van der Waals surface area contributed by atoms with Crippen LogP contribution in [-0.2, 0) is 9.53 Å². The fourth-order valence-corrected chi connectivity index (χ4v) is 4.68. The highest BCUT2D eigenvalue weighted by Crippen LogP contribution is 2.38. The maximum absolute atomic E-state index is 12.8. The van der Waals surface area contributed by atoms with Crippen molar-refractivity contribution in [1.82, 2.24) is 4.90 Å². The summed E-state index contributed by atoms with van der Waals surface area (Å²) in [6.45, 7) is 4.60. The molecule has 150 valence electrons. The van der Waals surface area contributed by atoms with Gasteiger partial charge in [0.25, 0.3) is 0 Å². The fraction of sp³-hybridized carbons (Fsp3) is 0.455. The van der Waals surface area contributed by atoms with E-state index in [-0.39, 0.29) is 11.9 Å². The number of esters is 1. The minimum absolute atomic E-state index is 0.0430. The Morgan fingerprint density at radius 3 is 2.50 bits per heavy atom. The number of likely N-dealkylation sites (tertiary alicyclic amines) is 1. The molecule has 1 fully saturated rings. The van der Waals surface area contributed by atoms with Gasteiger partial charge in [0.2, 0.25) is 5.91 Å². The van der Waals surface area contributed by atoms with Crippen molar-refractivity contribution in [2.24, 2.45) is 5.92 Å². The van der Waals surface area contributed by atoms with Crippen LogP contribution >= 0.6 is 11.3 Å². The minimum Gasteiger partial charge on any atom is -0.465 e. The maximum atomic E-state index is 12.8. The topological polar surface area (TPSA) is 49.9 Å². The van der Waals surface area contributed by atoms with E-state index in [1.807, 2.05) is 48.2 Å². The molecule has 3 rings (SSSR count). The molecule has 0 atom stereocenters. The van der Waals surface area contributed by atoms with Crippen molar-refractivity contribution in [1.29, 1.82) is 0 Å². The van der Waals surface area contributed by atoms with Crippen LogP contribution in [0.1, 0.15) is 35.9 Å². The molecule has 0 N–H and O–H groups in total. The summed E-state index contributed by atoms with van der Waals surface area (Å²) in [5, 5.41) is 0. The zero-order chi connectivity index (χ0) is 20.1. The molecule has 0 unspecified atom stereocenters. The zero-order valence-electron chi connectivity index (χ0n) is 16.8. The number of amides is 1. The van der Waals surface area contributed by atoms with Gasteiger partial charge >= 0.3 is 5.97 Å². The molecule has 1 aliphatic rings. The minimum atomic E-state index is -0.389. The van der Waals surface area contributed by atoms with Crippen LogP contribution in [0.25, 0.3) is 10.4 Å². The molecule has 1 saturated heterocycles. The first-order valence-electron chi connectivity index (χ1n) is 9.80. The smallest absolute Gasteiger partial charge is 0.350 e. The fourth-order valence-electron chi connectivity index (χ4n) is 3.59. The van der Waals surface area contributed by atoms with Crippen LogP contribution in [-0.4, -0.2) is 50.6 Å². The van der Waals surface area contributed by atoms with E-state index in [1.165, 1.54) is 18.4 Å². The molecule has 28 heavy (non-hydrogen) atoms. The summed E-state index contributed by atoms with van der Waals surface area (Å²) in [4.78, 5) is 30.9. The normalized spacial score (nSPS) is 15.4. The van der Waals surface area contributed by atoms with Crippen molar-refractivity contribution in [2.45, 2.75) is 26.2 Å². The van der Waals surface area contributed by atoms with Gasteiger partial charge in [-0.1, -0.05) is 37.3 Å². The summed E-state index contributed by atoms with van der Waals surface area (Å²) >= 11 is 1.39. The lowest BCUT2D eigenvalue weighted by molar-refractivity contribution is -0.118. The third-order valence-electron chi connectivity index (χ3n) is 5.31. The maximum Gasteiger partial charge on any atom is 0.350 e. The number of anilines is 1. The second-order valence-corrected chi connectivity index (χ2v) is 8.34. The number of carbonyl (C=O) groups is 2. The van der Waals surface area contributed by atoms with E-state index >= 15 is 0 Å². The lowest BCUT2D eigenvalue weighted by atomic mass is 9.96. The zero-order valence-corrected chi connectivity index (χ0v) is 17.6. The quantitative estimate of drug-likeness (QED) is 0.679. The van der Waals surface area contributed by atoms with E-state index in [1.54, 1.807) is 0 Å². The van der Waals surface area contributed by atoms with Crippen LogP contribution in [0, 0.1) is 5.92 Å². The van der Waals surface area contributed by atoms with Gasteiger partial charge in [0.1, 0.15) is 4.88 Å². The van der Waals surface area contributed by atoms with Gasteiger partial charge < -0.3 is 14.5 Å². The first-order chi connectivity index (χ1) is 13.5. The van der Waals surface area contributed by atoms with Crippen LogP contribution in [0.5, 0.6) is 0 Å². The molecule has 2 aromatic rings. The predicted octanol–water partition coefficient (Wildman–Crippen LogP) is 4.29. The Kier molecular flexibility index (Phi) is 6.86. The summed E-state index contributed by atoms with van der Waals surface area (Å²) in [7, 11) is 3.52. The Bertz CT molecular complexity index is 810. The number of hydrogen-bond donors (Lipinski definition) is 0. The number of carbonyl (C=O) groups excluding carboxylic acids is 2. The third-order valence-corrected chi connectivity index (χ3v) is 6.47. The van der Waals surface area contributed by atoms with Crippen LogP contribution in [0.15, 0.2) is 36.4 Å². The van der Waals surface area contributed by atoms with Crippen molar-refractivity contribution in [3.05, 3.63) is 41.3 Å². The molecule has 1 amide bonds. The van der Waals surface area contributed by atoms with Crippen LogP contribution in [0.3, 0.4) is 0 Å². The highest BCUT2D eigenvalue weighted by Gasteiger charge is 2.28. The van der Waals surface area contributed by atoms with Crippen molar-refractivity contribution >= 4 is 28.9 Å². The van der Waals surface area contributed by atoms with Crippen molar-refractivity contribution in [3.63, 3.8) is 0 Å². The first kappa shape index (κ1) is 20.6. The Morgan fingerprint density at radius 1 is 1.21 bits per heavy atom. The molecule has 0 spiro atoms. The van der Waals surface area contributed by atoms with E-state index in [2.05, 4.69) is 11.9 Å². The largest absolute Gasteiger partial charge is 0.465 e. The summed E-state index contributed by atoms with van der Waals surface area (Å²) in [6.07, 6.45) is 2.53. The van der Waals surface area contributed by atoms with Crippen LogP contribution < -0.4 is 4.90 Å². The number of ether oxygens (including phenoxy) is 1. The second-order valence-electron chi connectivity index (χ2n) is 7.29. The van der Waals surface area contributed by atoms with Crippen molar-refractivity contribution < 1.29 is 14.3 Å². The van der Waals surface area contributed by atoms with Crippen molar-refractivity contribution in [3.8, 4) is 10.4 Å². The Morgan fingerprint density at radius 2 is 1.89 bits per heavy atom. The van der Waals surface area contributed by atoms with Gasteiger partial charge in [0, 0.05) is 17.8 Å². The van der Waals surface area contributed by atoms with E-state index in [9.17, 15) is 9.59 Å². The lowest BCUT2D eigenvalue weighted by Crippen LogP contribution is -2.40. The highest BCUT2D eigenvalue weighted by molar-refractivity contribution is 7.18. The van der Waals surface area contributed by atoms with E-state index < -0.39 is 0 Å². The SMILES string of the molecule is CCC(=O)N(CC1CCN(C)CC1)c1cc(-c2ccccc2)sc1C(=O)OC. The Hall–Kier alpha value is -2.18. The summed E-state index contributed by atoms with van der Waals surface area (Å²) < 4.78 is 5.02. The van der Waals surface area contributed by atoms with Gasteiger partial charge in [-0.05, 0) is 50.5 Å². The molecule has 0 radical (unpaired) electrons. The van der Waals surface area contributed by atoms with Gasteiger partial charge in [-0.2, -0.15) is 0 Å². The lowest BCUT2D eigenvalue weighted by Gasteiger charge is -2.33. The molecule has 6 heteroatoms. The standard InChI is InChI=1S/C22H28N2O3S/c1-4-20(25)24(15-16-10-12-23(2)13-11-16)18-14-19(17-8-6-5-7-9-17)28-21(18)22(26)27-3/h5-9,14,16H,4,10-13,15H2,1-3H3. The molecule has 5 nitrogen and oxygen atoms in total. The van der Waals surface area contributed by atoms with E-state index in [4.69, 9.17) is 4.74 Å². The molecule has 1 aromatic heterocycles. The molecule has 1 aromatic carbocycles. The molecule has 1 aliphatic heterocycles. The van der Waals surface area contributed by atoms with Gasteiger partial charge in [0.15, 0.2) is 0 Å². The summed E-state index contributed by atoms with van der Waals surface area (Å²) in [5.74, 6) is 0.0956. The summed E-state index contributed by atoms with van der Waals surface area (Å²) in [5.41, 5.74) is 1.72. The van der Waals surface area contributed by atoms with Gasteiger partial charge in [-0.25, -0.2) is 4.79 Å². The molecular weight excluding hydrogens is 372 g/mol. The van der Waals surface area contributed by atoms with E-state index in [0.29, 0.717) is 29.4 Å². The number of nitrogens with zero attached hydrogens (tertiary/aromatic N) is 2.